The lowest BCUT2D eigenvalue weighted by Gasteiger charge is -2.32. The van der Waals surface area contributed by atoms with Crippen molar-refractivity contribution in [2.45, 2.75) is 32.3 Å². The lowest BCUT2D eigenvalue weighted by atomic mass is 9.89. The summed E-state index contributed by atoms with van der Waals surface area (Å²) >= 11 is 0. The number of H-pyrrole nitrogens is 1. The second kappa shape index (κ2) is 8.95. The van der Waals surface area contributed by atoms with Gasteiger partial charge in [-0.2, -0.15) is 0 Å². The first-order valence-corrected chi connectivity index (χ1v) is 12.2. The molecule has 0 unspecified atom stereocenters. The highest BCUT2D eigenvalue weighted by molar-refractivity contribution is 5.97. The molecule has 1 aliphatic heterocycles. The third-order valence-electron chi connectivity index (χ3n) is 7.06. The molecule has 6 heteroatoms. The number of carbonyl (C=O) groups is 1. The number of aryl methyl sites for hydroxylation is 1. The molecule has 3 aromatic heterocycles. The Bertz CT molecular complexity index is 1510. The Morgan fingerprint density at radius 1 is 1.06 bits per heavy atom. The number of amides is 1. The summed E-state index contributed by atoms with van der Waals surface area (Å²) in [6.45, 7) is 3.84. The minimum Gasteiger partial charge on any atom is -0.486 e. The van der Waals surface area contributed by atoms with Gasteiger partial charge in [-0.25, -0.2) is 4.98 Å². The number of imidazole rings is 1. The third-order valence-corrected chi connectivity index (χ3v) is 7.06. The van der Waals surface area contributed by atoms with Crippen LogP contribution in [0.1, 0.15) is 45.9 Å². The largest absolute Gasteiger partial charge is 0.486 e. The first-order valence-electron chi connectivity index (χ1n) is 12.2. The number of rotatable bonds is 5. The zero-order valence-corrected chi connectivity index (χ0v) is 19.8. The van der Waals surface area contributed by atoms with Crippen molar-refractivity contribution in [1.82, 2.24) is 19.3 Å². The number of benzene rings is 2. The highest BCUT2D eigenvalue weighted by Crippen LogP contribution is 2.34. The van der Waals surface area contributed by atoms with E-state index in [2.05, 4.69) is 40.4 Å². The molecule has 5 aromatic rings. The average Bonchev–Trinajstić information content (AvgIpc) is 3.52. The fraction of sp³-hybridized carbons (Fsp3) is 0.241. The Morgan fingerprint density at radius 3 is 2.71 bits per heavy atom. The van der Waals surface area contributed by atoms with Gasteiger partial charge in [0.15, 0.2) is 0 Å². The molecule has 1 aliphatic rings. The van der Waals surface area contributed by atoms with Gasteiger partial charge < -0.3 is 19.0 Å². The molecule has 35 heavy (non-hydrogen) atoms. The summed E-state index contributed by atoms with van der Waals surface area (Å²) in [6.07, 6.45) is 8.00. The fourth-order valence-electron chi connectivity index (χ4n) is 5.19. The lowest BCUT2D eigenvalue weighted by Crippen LogP contribution is -2.38. The Morgan fingerprint density at radius 2 is 1.86 bits per heavy atom. The van der Waals surface area contributed by atoms with Gasteiger partial charge in [-0.3, -0.25) is 4.79 Å². The van der Waals surface area contributed by atoms with Crippen LogP contribution in [0.2, 0.25) is 0 Å². The first kappa shape index (κ1) is 21.5. The second-order valence-corrected chi connectivity index (χ2v) is 9.30. The van der Waals surface area contributed by atoms with Gasteiger partial charge in [0.1, 0.15) is 18.0 Å². The van der Waals surface area contributed by atoms with E-state index < -0.39 is 0 Å². The molecule has 4 heterocycles. The van der Waals surface area contributed by atoms with E-state index in [-0.39, 0.29) is 5.91 Å². The number of pyridine rings is 1. The lowest BCUT2D eigenvalue weighted by molar-refractivity contribution is 0.0708. The standard InChI is InChI=1S/C29H28N4O2/c1-20-7-6-14-33-18-22(31-28(20)33)19-35-27-11-5-3-9-24(27)29(34)32-15-12-21(13-16-32)25-17-30-26-10-4-2-8-23(25)26/h2-11,14,17-18,21,30H,12-13,15-16,19H2,1H3. The van der Waals surface area contributed by atoms with Gasteiger partial charge in [0.05, 0.1) is 11.3 Å². The summed E-state index contributed by atoms with van der Waals surface area (Å²) in [7, 11) is 0. The molecule has 0 aliphatic carbocycles. The zero-order chi connectivity index (χ0) is 23.8. The number of aromatic nitrogens is 3. The summed E-state index contributed by atoms with van der Waals surface area (Å²) < 4.78 is 8.11. The normalized spacial score (nSPS) is 14.6. The Balaban J connectivity index is 1.14. The van der Waals surface area contributed by atoms with Crippen molar-refractivity contribution in [2.24, 2.45) is 0 Å². The number of hydrogen-bond donors (Lipinski definition) is 1. The fourth-order valence-corrected chi connectivity index (χ4v) is 5.19. The molecular formula is C29H28N4O2. The number of ether oxygens (including phenoxy) is 1. The van der Waals surface area contributed by atoms with Gasteiger partial charge in [0.2, 0.25) is 0 Å². The molecule has 0 atom stereocenters. The number of piperidine rings is 1. The predicted octanol–water partition coefficient (Wildman–Crippen LogP) is 5.72. The van der Waals surface area contributed by atoms with Crippen LogP contribution in [0.5, 0.6) is 5.75 Å². The topological polar surface area (TPSA) is 62.6 Å². The van der Waals surface area contributed by atoms with Crippen LogP contribution < -0.4 is 4.74 Å². The average molecular weight is 465 g/mol. The van der Waals surface area contributed by atoms with Crippen molar-refractivity contribution in [2.75, 3.05) is 13.1 Å². The number of nitrogens with zero attached hydrogens (tertiary/aromatic N) is 3. The second-order valence-electron chi connectivity index (χ2n) is 9.30. The van der Waals surface area contributed by atoms with E-state index in [4.69, 9.17) is 4.74 Å². The van der Waals surface area contributed by atoms with Crippen LogP contribution in [0.25, 0.3) is 16.6 Å². The highest BCUT2D eigenvalue weighted by Gasteiger charge is 2.27. The van der Waals surface area contributed by atoms with Gasteiger partial charge in [-0.05, 0) is 61.1 Å². The van der Waals surface area contributed by atoms with E-state index in [0.717, 1.165) is 42.8 Å². The smallest absolute Gasteiger partial charge is 0.257 e. The SMILES string of the molecule is Cc1cccn2cc(COc3ccccc3C(=O)N3CCC(c4c[nH]c5ccccc45)CC3)nc12. The maximum absolute atomic E-state index is 13.4. The van der Waals surface area contributed by atoms with Crippen molar-refractivity contribution < 1.29 is 9.53 Å². The summed E-state index contributed by atoms with van der Waals surface area (Å²) in [5, 5.41) is 1.29. The van der Waals surface area contributed by atoms with Crippen LogP contribution >= 0.6 is 0 Å². The number of hydrogen-bond acceptors (Lipinski definition) is 3. The minimum atomic E-state index is 0.0313. The molecule has 6 nitrogen and oxygen atoms in total. The van der Waals surface area contributed by atoms with Crippen molar-refractivity contribution in [1.29, 1.82) is 0 Å². The quantitative estimate of drug-likeness (QED) is 0.362. The van der Waals surface area contributed by atoms with Crippen LogP contribution in [0, 0.1) is 6.92 Å². The number of aromatic amines is 1. The summed E-state index contributed by atoms with van der Waals surface area (Å²) in [4.78, 5) is 23.5. The van der Waals surface area contributed by atoms with Gasteiger partial charge in [0, 0.05) is 42.6 Å². The Labute approximate surface area is 204 Å². The van der Waals surface area contributed by atoms with Crippen molar-refractivity contribution in [3.05, 3.63) is 102 Å². The third kappa shape index (κ3) is 4.05. The van der Waals surface area contributed by atoms with E-state index in [0.29, 0.717) is 23.8 Å². The number of nitrogens with one attached hydrogen (secondary N) is 1. The monoisotopic (exact) mass is 464 g/mol. The van der Waals surface area contributed by atoms with Gasteiger partial charge in [-0.1, -0.05) is 36.4 Å². The predicted molar refractivity (Wildman–Crippen MR) is 137 cm³/mol. The molecule has 0 saturated carbocycles. The first-order chi connectivity index (χ1) is 17.2. The Hall–Kier alpha value is -4.06. The van der Waals surface area contributed by atoms with Crippen LogP contribution in [-0.4, -0.2) is 38.3 Å². The summed E-state index contributed by atoms with van der Waals surface area (Å²) in [5.74, 6) is 1.09. The van der Waals surface area contributed by atoms with E-state index in [9.17, 15) is 4.79 Å². The molecule has 0 radical (unpaired) electrons. The molecule has 0 spiro atoms. The van der Waals surface area contributed by atoms with E-state index >= 15 is 0 Å². The van der Waals surface area contributed by atoms with E-state index in [1.165, 1.54) is 16.5 Å². The zero-order valence-electron chi connectivity index (χ0n) is 19.8. The molecule has 176 valence electrons. The Kier molecular flexibility index (Phi) is 5.49. The van der Waals surface area contributed by atoms with Gasteiger partial charge >= 0.3 is 0 Å². The minimum absolute atomic E-state index is 0.0313. The summed E-state index contributed by atoms with van der Waals surface area (Å²) in [5.41, 5.74) is 6.02. The molecule has 1 N–H and O–H groups in total. The molecule has 1 saturated heterocycles. The van der Waals surface area contributed by atoms with Gasteiger partial charge in [0.25, 0.3) is 5.91 Å². The molecule has 2 aromatic carbocycles. The molecular weight excluding hydrogens is 436 g/mol. The molecule has 6 rings (SSSR count). The van der Waals surface area contributed by atoms with Gasteiger partial charge in [-0.15, -0.1) is 0 Å². The van der Waals surface area contributed by atoms with Crippen LogP contribution in [0.3, 0.4) is 0 Å². The van der Waals surface area contributed by atoms with E-state index in [1.54, 1.807) is 0 Å². The molecule has 1 fully saturated rings. The number of likely N-dealkylation sites (tertiary alicyclic amines) is 1. The van der Waals surface area contributed by atoms with Crippen LogP contribution in [-0.2, 0) is 6.61 Å². The number of para-hydroxylation sites is 2. The number of carbonyl (C=O) groups excluding carboxylic acids is 1. The maximum Gasteiger partial charge on any atom is 0.257 e. The molecule has 0 bridgehead atoms. The van der Waals surface area contributed by atoms with Crippen LogP contribution in [0.15, 0.2) is 79.3 Å². The van der Waals surface area contributed by atoms with E-state index in [1.807, 2.05) is 65.0 Å². The van der Waals surface area contributed by atoms with Crippen LogP contribution in [0.4, 0.5) is 0 Å². The van der Waals surface area contributed by atoms with Crippen molar-refractivity contribution in [3.63, 3.8) is 0 Å². The van der Waals surface area contributed by atoms with Crippen molar-refractivity contribution >= 4 is 22.5 Å². The maximum atomic E-state index is 13.4. The van der Waals surface area contributed by atoms with Crippen molar-refractivity contribution in [3.8, 4) is 5.75 Å². The number of fused-ring (bicyclic) bond motifs is 2. The highest BCUT2D eigenvalue weighted by atomic mass is 16.5. The summed E-state index contributed by atoms with van der Waals surface area (Å²) in [6, 6.07) is 20.0. The molecule has 1 amide bonds.